The molecule has 1 unspecified atom stereocenters. The number of thiophene rings is 1. The Morgan fingerprint density at radius 2 is 1.93 bits per heavy atom. The van der Waals surface area contributed by atoms with Crippen LogP contribution in [0, 0.1) is 11.3 Å². The van der Waals surface area contributed by atoms with Crippen LogP contribution in [0.25, 0.3) is 0 Å². The van der Waals surface area contributed by atoms with Gasteiger partial charge in [-0.25, -0.2) is 4.68 Å². The molecule has 0 radical (unpaired) electrons. The van der Waals surface area contributed by atoms with Crippen LogP contribution in [-0.4, -0.2) is 21.6 Å². The van der Waals surface area contributed by atoms with E-state index in [1.54, 1.807) is 0 Å². The predicted molar refractivity (Wildman–Crippen MR) is 104 cm³/mol. The van der Waals surface area contributed by atoms with Gasteiger partial charge in [0.25, 0.3) is 17.4 Å². The lowest BCUT2D eigenvalue weighted by molar-refractivity contribution is 0.0845. The normalized spacial score (nSPS) is 16.5. The Balaban J connectivity index is 1.64. The lowest BCUT2D eigenvalue weighted by Crippen LogP contribution is -2.42. The number of carbonyl (C=O) groups excluding carboxylic acids is 2. The van der Waals surface area contributed by atoms with E-state index in [9.17, 15) is 14.4 Å². The van der Waals surface area contributed by atoms with E-state index in [-0.39, 0.29) is 22.6 Å². The highest BCUT2D eigenvalue weighted by molar-refractivity contribution is 7.14. The zero-order chi connectivity index (χ0) is 19.8. The zero-order valence-electron chi connectivity index (χ0n) is 16.0. The molecule has 3 rings (SSSR count). The van der Waals surface area contributed by atoms with Crippen LogP contribution in [0.5, 0.6) is 0 Å². The number of hydrogen-bond donors (Lipinski definition) is 2. The van der Waals surface area contributed by atoms with Gasteiger partial charge in [-0.05, 0) is 48.3 Å². The summed E-state index contributed by atoms with van der Waals surface area (Å²) < 4.78 is 1.07. The molecular weight excluding hydrogens is 364 g/mol. The van der Waals surface area contributed by atoms with E-state index in [1.807, 2.05) is 6.07 Å². The van der Waals surface area contributed by atoms with Crippen LogP contribution < -0.4 is 16.4 Å². The molecule has 0 bridgehead atoms. The van der Waals surface area contributed by atoms with E-state index in [2.05, 4.69) is 36.7 Å². The Morgan fingerprint density at radius 1 is 1.22 bits per heavy atom. The average Bonchev–Trinajstić information content (AvgIpc) is 3.04. The number of amides is 2. The second-order valence-electron chi connectivity index (χ2n) is 7.95. The maximum Gasteiger partial charge on any atom is 0.290 e. The molecule has 27 heavy (non-hydrogen) atoms. The molecule has 2 aromatic rings. The van der Waals surface area contributed by atoms with Gasteiger partial charge >= 0.3 is 0 Å². The van der Waals surface area contributed by atoms with Gasteiger partial charge in [0, 0.05) is 18.0 Å². The minimum Gasteiger partial charge on any atom is -0.268 e. The lowest BCUT2D eigenvalue weighted by Gasteiger charge is -2.33. The van der Waals surface area contributed by atoms with E-state index in [0.29, 0.717) is 10.8 Å². The Bertz CT molecular complexity index is 939. The molecular formula is C19H24N4O3S. The van der Waals surface area contributed by atoms with Gasteiger partial charge in [0.1, 0.15) is 0 Å². The fourth-order valence-electron chi connectivity index (χ4n) is 3.24. The van der Waals surface area contributed by atoms with Crippen molar-refractivity contribution < 1.29 is 9.59 Å². The quantitative estimate of drug-likeness (QED) is 0.770. The predicted octanol–water partition coefficient (Wildman–Crippen LogP) is 2.07. The second-order valence-corrected chi connectivity index (χ2v) is 9.09. The molecule has 1 aliphatic carbocycles. The summed E-state index contributed by atoms with van der Waals surface area (Å²) in [4.78, 5) is 37.7. The molecule has 2 aromatic heterocycles. The largest absolute Gasteiger partial charge is 0.290 e. The number of aryl methyl sites for hydroxylation is 2. The molecule has 2 heterocycles. The van der Waals surface area contributed by atoms with Crippen LogP contribution in [0.4, 0.5) is 0 Å². The van der Waals surface area contributed by atoms with Crippen molar-refractivity contribution in [1.82, 2.24) is 20.6 Å². The van der Waals surface area contributed by atoms with Crippen molar-refractivity contribution in [1.29, 1.82) is 0 Å². The molecule has 2 N–H and O–H groups in total. The molecule has 1 aliphatic rings. The third-order valence-electron chi connectivity index (χ3n) is 5.01. The molecule has 144 valence electrons. The highest BCUT2D eigenvalue weighted by atomic mass is 32.1. The van der Waals surface area contributed by atoms with Gasteiger partial charge < -0.3 is 0 Å². The third kappa shape index (κ3) is 4.27. The number of nitrogens with one attached hydrogen (secondary N) is 2. The number of carbonyl (C=O) groups is 2. The first-order chi connectivity index (χ1) is 12.6. The van der Waals surface area contributed by atoms with Crippen LogP contribution >= 0.6 is 11.3 Å². The molecule has 0 aliphatic heterocycles. The second kappa shape index (κ2) is 7.26. The molecule has 1 atom stereocenters. The number of rotatable bonds is 2. The summed E-state index contributed by atoms with van der Waals surface area (Å²) in [6.45, 7) is 6.77. The van der Waals surface area contributed by atoms with Gasteiger partial charge in [-0.2, -0.15) is 5.10 Å². The van der Waals surface area contributed by atoms with Crippen molar-refractivity contribution in [2.24, 2.45) is 18.4 Å². The number of hydrogen-bond acceptors (Lipinski definition) is 5. The molecule has 2 amide bonds. The van der Waals surface area contributed by atoms with Gasteiger partial charge in [0.05, 0.1) is 4.88 Å². The van der Waals surface area contributed by atoms with Crippen molar-refractivity contribution in [2.75, 3.05) is 0 Å². The van der Waals surface area contributed by atoms with Crippen LogP contribution in [0.3, 0.4) is 0 Å². The molecule has 0 saturated carbocycles. The number of hydrazine groups is 1. The Kier molecular flexibility index (Phi) is 5.19. The zero-order valence-corrected chi connectivity index (χ0v) is 16.8. The van der Waals surface area contributed by atoms with E-state index in [0.717, 1.165) is 23.9 Å². The SMILES string of the molecule is Cn1nc(C(=O)NNC(=O)c2cc3c(s2)CCC(C(C)(C)C)C3)ccc1=O. The first-order valence-corrected chi connectivity index (χ1v) is 9.73. The maximum absolute atomic E-state index is 12.4. The molecule has 0 saturated heterocycles. The van der Waals surface area contributed by atoms with Crippen molar-refractivity contribution in [3.8, 4) is 0 Å². The van der Waals surface area contributed by atoms with Crippen molar-refractivity contribution in [3.05, 3.63) is 49.6 Å². The smallest absolute Gasteiger partial charge is 0.268 e. The van der Waals surface area contributed by atoms with Gasteiger partial charge in [0.2, 0.25) is 0 Å². The molecule has 8 heteroatoms. The highest BCUT2D eigenvalue weighted by Crippen LogP contribution is 2.40. The number of nitrogens with zero attached hydrogens (tertiary/aromatic N) is 2. The summed E-state index contributed by atoms with van der Waals surface area (Å²) in [6.07, 6.45) is 3.10. The fraction of sp³-hybridized carbons (Fsp3) is 0.474. The van der Waals surface area contributed by atoms with E-state index in [4.69, 9.17) is 0 Å². The Labute approximate surface area is 161 Å². The number of aromatic nitrogens is 2. The van der Waals surface area contributed by atoms with Crippen molar-refractivity contribution in [3.63, 3.8) is 0 Å². The van der Waals surface area contributed by atoms with E-state index in [1.165, 1.54) is 41.0 Å². The standard InChI is InChI=1S/C19H24N4O3S/c1-19(2,3)12-5-7-14-11(9-12)10-15(27-14)18(26)21-20-17(25)13-6-8-16(24)23(4)22-13/h6,8,10,12H,5,7,9H2,1-4H3,(H,20,25)(H,21,26). The fourth-order valence-corrected chi connectivity index (χ4v) is 4.34. The topological polar surface area (TPSA) is 93.1 Å². The summed E-state index contributed by atoms with van der Waals surface area (Å²) >= 11 is 1.48. The Morgan fingerprint density at radius 3 is 2.59 bits per heavy atom. The van der Waals surface area contributed by atoms with Gasteiger partial charge in [0.15, 0.2) is 5.69 Å². The minimum absolute atomic E-state index is 0.0518. The average molecular weight is 388 g/mol. The summed E-state index contributed by atoms with van der Waals surface area (Å²) in [6, 6.07) is 4.51. The summed E-state index contributed by atoms with van der Waals surface area (Å²) in [7, 11) is 1.46. The summed E-state index contributed by atoms with van der Waals surface area (Å²) in [5.41, 5.74) is 6.00. The van der Waals surface area contributed by atoms with Gasteiger partial charge in [-0.1, -0.05) is 20.8 Å². The molecule has 0 spiro atoms. The van der Waals surface area contributed by atoms with Gasteiger partial charge in [-0.3, -0.25) is 25.2 Å². The van der Waals surface area contributed by atoms with Crippen molar-refractivity contribution in [2.45, 2.75) is 40.0 Å². The first kappa shape index (κ1) is 19.3. The van der Waals surface area contributed by atoms with Crippen LogP contribution in [0.2, 0.25) is 0 Å². The molecule has 7 nitrogen and oxygen atoms in total. The van der Waals surface area contributed by atoms with Gasteiger partial charge in [-0.15, -0.1) is 11.3 Å². The molecule has 0 fully saturated rings. The van der Waals surface area contributed by atoms with Crippen LogP contribution in [-0.2, 0) is 19.9 Å². The van der Waals surface area contributed by atoms with E-state index >= 15 is 0 Å². The highest BCUT2D eigenvalue weighted by Gasteiger charge is 2.30. The summed E-state index contributed by atoms with van der Waals surface area (Å²) in [5, 5.41) is 3.85. The van der Waals surface area contributed by atoms with Crippen molar-refractivity contribution >= 4 is 23.2 Å². The van der Waals surface area contributed by atoms with E-state index < -0.39 is 5.91 Å². The third-order valence-corrected chi connectivity index (χ3v) is 6.25. The number of fused-ring (bicyclic) bond motifs is 1. The summed E-state index contributed by atoms with van der Waals surface area (Å²) in [5.74, 6) is -0.320. The maximum atomic E-state index is 12.4. The first-order valence-electron chi connectivity index (χ1n) is 8.92. The minimum atomic E-state index is -0.576. The molecule has 0 aromatic carbocycles. The monoisotopic (exact) mass is 388 g/mol. The van der Waals surface area contributed by atoms with Crippen LogP contribution in [0.15, 0.2) is 23.0 Å². The lowest BCUT2D eigenvalue weighted by atomic mass is 9.72. The van der Waals surface area contributed by atoms with Crippen LogP contribution in [0.1, 0.15) is 57.8 Å². The Hall–Kier alpha value is -2.48.